The van der Waals surface area contributed by atoms with Crippen LogP contribution < -0.4 is 10.6 Å². The molecule has 0 saturated carbocycles. The van der Waals surface area contributed by atoms with Gasteiger partial charge in [0.05, 0.1) is 17.7 Å². The fraction of sp³-hybridized carbons (Fsp3) is 0.147. The Morgan fingerprint density at radius 1 is 0.825 bits per heavy atom. The van der Waals surface area contributed by atoms with Crippen molar-refractivity contribution in [2.45, 2.75) is 31.7 Å². The maximum absolute atomic E-state index is 15.0. The summed E-state index contributed by atoms with van der Waals surface area (Å²) in [5.41, 5.74) is 5.70. The summed E-state index contributed by atoms with van der Waals surface area (Å²) in [6, 6.07) is 34.2. The summed E-state index contributed by atoms with van der Waals surface area (Å²) in [5.74, 6) is -1.13. The lowest BCUT2D eigenvalue weighted by molar-refractivity contribution is 0.0854. The minimum absolute atomic E-state index is 0.0380. The molecule has 1 aromatic heterocycles. The lowest BCUT2D eigenvalue weighted by atomic mass is 10.0. The second kappa shape index (κ2) is 11.6. The van der Waals surface area contributed by atoms with E-state index in [2.05, 4.69) is 41.0 Å². The molecule has 0 fully saturated rings. The van der Waals surface area contributed by atoms with Gasteiger partial charge in [-0.05, 0) is 57.6 Å². The molecule has 1 aliphatic rings. The van der Waals surface area contributed by atoms with Crippen LogP contribution in [0.25, 0.3) is 21.6 Å². The van der Waals surface area contributed by atoms with E-state index in [9.17, 15) is 14.3 Å². The number of fused-ring (bicyclic) bond motifs is 1. The molecule has 4 aromatic carbocycles. The number of aliphatic hydroxyl groups excluding tert-OH is 1. The van der Waals surface area contributed by atoms with E-state index >= 15 is 0 Å². The fourth-order valence-electron chi connectivity index (χ4n) is 5.24. The summed E-state index contributed by atoms with van der Waals surface area (Å²) >= 11 is 1.77. The van der Waals surface area contributed by atoms with Gasteiger partial charge in [-0.25, -0.2) is 4.39 Å². The number of halogens is 1. The van der Waals surface area contributed by atoms with E-state index < -0.39 is 23.9 Å². The third-order valence-electron chi connectivity index (χ3n) is 7.31. The van der Waals surface area contributed by atoms with Gasteiger partial charge in [0.15, 0.2) is 0 Å². The van der Waals surface area contributed by atoms with Crippen LogP contribution in [0.3, 0.4) is 0 Å². The molecular formula is C34H29FN2O2S. The maximum Gasteiger partial charge on any atom is 0.254 e. The number of aliphatic hydroxyl groups is 1. The number of hydrogen-bond donors (Lipinski definition) is 3. The monoisotopic (exact) mass is 548 g/mol. The Hall–Kier alpha value is -4.10. The zero-order valence-electron chi connectivity index (χ0n) is 21.8. The lowest BCUT2D eigenvalue weighted by Crippen LogP contribution is -2.34. The molecule has 0 spiro atoms. The van der Waals surface area contributed by atoms with E-state index in [1.54, 1.807) is 17.4 Å². The first-order valence-electron chi connectivity index (χ1n) is 13.4. The van der Waals surface area contributed by atoms with Crippen molar-refractivity contribution < 1.29 is 14.3 Å². The van der Waals surface area contributed by atoms with Crippen LogP contribution in [0.1, 0.15) is 38.0 Å². The third-order valence-corrected chi connectivity index (χ3v) is 8.45. The smallest absolute Gasteiger partial charge is 0.254 e. The average Bonchev–Trinajstić information content (AvgIpc) is 3.58. The molecule has 1 amide bonds. The number of nitrogens with one attached hydrogen (secondary N) is 2. The van der Waals surface area contributed by atoms with Crippen LogP contribution in [0, 0.1) is 5.82 Å². The molecule has 5 aromatic rings. The second-order valence-electron chi connectivity index (χ2n) is 10.1. The number of amides is 1. The standard InChI is InChI=1S/C34H29FN2O2S/c35-30-18-25(23-7-3-1-4-8-23)13-15-28(30)34(39)37-33-29-17-22(11-12-26(29)19-31(33)38)20-36-21-27-14-16-32(40-27)24-9-5-2-6-10-24/h1-18,31,33,36,38H,19-21H2,(H,37,39)/t31-,33-/m1/s1. The maximum atomic E-state index is 15.0. The van der Waals surface area contributed by atoms with E-state index in [0.29, 0.717) is 18.5 Å². The molecule has 0 unspecified atom stereocenters. The Labute approximate surface area is 237 Å². The van der Waals surface area contributed by atoms with Crippen molar-refractivity contribution >= 4 is 17.2 Å². The first-order valence-corrected chi connectivity index (χ1v) is 14.2. The molecule has 1 aliphatic carbocycles. The van der Waals surface area contributed by atoms with Crippen molar-refractivity contribution in [3.05, 3.63) is 142 Å². The summed E-state index contributed by atoms with van der Waals surface area (Å²) in [4.78, 5) is 15.6. The van der Waals surface area contributed by atoms with Crippen LogP contribution in [0.4, 0.5) is 4.39 Å². The van der Waals surface area contributed by atoms with E-state index in [1.807, 2.05) is 60.7 Å². The molecule has 1 heterocycles. The molecule has 0 saturated heterocycles. The van der Waals surface area contributed by atoms with Crippen LogP contribution in [0.5, 0.6) is 0 Å². The van der Waals surface area contributed by atoms with Gasteiger partial charge in [-0.2, -0.15) is 0 Å². The summed E-state index contributed by atoms with van der Waals surface area (Å²) in [6.45, 7) is 1.40. The molecule has 0 aliphatic heterocycles. The summed E-state index contributed by atoms with van der Waals surface area (Å²) in [5, 5.41) is 17.1. The van der Waals surface area contributed by atoms with Gasteiger partial charge < -0.3 is 15.7 Å². The van der Waals surface area contributed by atoms with Crippen LogP contribution >= 0.6 is 11.3 Å². The highest BCUT2D eigenvalue weighted by Gasteiger charge is 2.33. The van der Waals surface area contributed by atoms with Gasteiger partial charge in [0.2, 0.25) is 0 Å². The quantitative estimate of drug-likeness (QED) is 0.198. The van der Waals surface area contributed by atoms with Gasteiger partial charge in [-0.3, -0.25) is 4.79 Å². The van der Waals surface area contributed by atoms with Gasteiger partial charge >= 0.3 is 0 Å². The van der Waals surface area contributed by atoms with E-state index in [4.69, 9.17) is 0 Å². The van der Waals surface area contributed by atoms with Crippen LogP contribution in [0.2, 0.25) is 0 Å². The van der Waals surface area contributed by atoms with Gasteiger partial charge in [0.25, 0.3) is 5.91 Å². The number of benzene rings is 4. The summed E-state index contributed by atoms with van der Waals surface area (Å²) in [6.07, 6.45) is -0.322. The average molecular weight is 549 g/mol. The topological polar surface area (TPSA) is 61.4 Å². The fourth-order valence-corrected chi connectivity index (χ4v) is 6.23. The highest BCUT2D eigenvalue weighted by molar-refractivity contribution is 7.15. The van der Waals surface area contributed by atoms with Gasteiger partial charge in [-0.1, -0.05) is 84.9 Å². The minimum atomic E-state index is -0.767. The van der Waals surface area contributed by atoms with Gasteiger partial charge in [-0.15, -0.1) is 11.3 Å². The first-order chi connectivity index (χ1) is 19.5. The minimum Gasteiger partial charge on any atom is -0.390 e. The molecule has 6 rings (SSSR count). The van der Waals surface area contributed by atoms with Crippen LogP contribution in [0.15, 0.2) is 109 Å². The van der Waals surface area contributed by atoms with Crippen molar-refractivity contribution in [3.8, 4) is 21.6 Å². The molecule has 40 heavy (non-hydrogen) atoms. The Kier molecular flexibility index (Phi) is 7.55. The lowest BCUT2D eigenvalue weighted by Gasteiger charge is -2.19. The van der Waals surface area contributed by atoms with Gasteiger partial charge in [0.1, 0.15) is 5.82 Å². The summed E-state index contributed by atoms with van der Waals surface area (Å²) < 4.78 is 15.0. The highest BCUT2D eigenvalue weighted by atomic mass is 32.1. The number of carbonyl (C=O) groups excluding carboxylic acids is 1. The third kappa shape index (κ3) is 5.61. The molecular weight excluding hydrogens is 519 g/mol. The van der Waals surface area contributed by atoms with E-state index in [1.165, 1.54) is 27.5 Å². The Balaban J connectivity index is 1.11. The summed E-state index contributed by atoms with van der Waals surface area (Å²) in [7, 11) is 0. The van der Waals surface area contributed by atoms with E-state index in [0.717, 1.165) is 28.8 Å². The van der Waals surface area contributed by atoms with Crippen molar-refractivity contribution in [2.24, 2.45) is 0 Å². The van der Waals surface area contributed by atoms with Crippen LogP contribution in [-0.4, -0.2) is 17.1 Å². The normalized spacial score (nSPS) is 16.1. The SMILES string of the molecule is O=C(N[C@@H]1c2cc(CNCc3ccc(-c4ccccc4)s3)ccc2C[C@H]1O)c1ccc(-c2ccccc2)cc1F. The largest absolute Gasteiger partial charge is 0.390 e. The van der Waals surface area contributed by atoms with Crippen molar-refractivity contribution in [3.63, 3.8) is 0 Å². The Morgan fingerprint density at radius 3 is 2.33 bits per heavy atom. The number of rotatable bonds is 8. The van der Waals surface area contributed by atoms with E-state index in [-0.39, 0.29) is 5.56 Å². The molecule has 2 atom stereocenters. The van der Waals surface area contributed by atoms with Crippen molar-refractivity contribution in [1.82, 2.24) is 10.6 Å². The molecule has 200 valence electrons. The molecule has 4 nitrogen and oxygen atoms in total. The Morgan fingerprint density at radius 2 is 1.57 bits per heavy atom. The molecule has 0 bridgehead atoms. The van der Waals surface area contributed by atoms with Crippen molar-refractivity contribution in [2.75, 3.05) is 0 Å². The number of thiophene rings is 1. The first kappa shape index (κ1) is 26.1. The number of hydrogen-bond acceptors (Lipinski definition) is 4. The zero-order chi connectivity index (χ0) is 27.5. The van der Waals surface area contributed by atoms with Crippen molar-refractivity contribution in [1.29, 1.82) is 0 Å². The number of carbonyl (C=O) groups is 1. The predicted molar refractivity (Wildman–Crippen MR) is 158 cm³/mol. The predicted octanol–water partition coefficient (Wildman–Crippen LogP) is 6.90. The molecule has 6 heteroatoms. The van der Waals surface area contributed by atoms with Crippen LogP contribution in [-0.2, 0) is 19.5 Å². The molecule has 3 N–H and O–H groups in total. The second-order valence-corrected chi connectivity index (χ2v) is 11.2. The highest BCUT2D eigenvalue weighted by Crippen LogP contribution is 2.33. The Bertz CT molecular complexity index is 1630. The zero-order valence-corrected chi connectivity index (χ0v) is 22.6. The molecule has 0 radical (unpaired) electrons. The van der Waals surface area contributed by atoms with Gasteiger partial charge in [0, 0.05) is 29.3 Å².